The van der Waals surface area contributed by atoms with E-state index in [1.807, 2.05) is 0 Å². The number of anilines is 1. The third-order valence-corrected chi connectivity index (χ3v) is 6.58. The second-order valence-corrected chi connectivity index (χ2v) is 8.66. The van der Waals surface area contributed by atoms with Crippen molar-refractivity contribution in [1.29, 1.82) is 0 Å². The average Bonchev–Trinajstić information content (AvgIpc) is 3.30. The maximum Gasteiger partial charge on any atom is 0.323 e. The summed E-state index contributed by atoms with van der Waals surface area (Å²) in [5.41, 5.74) is 6.66. The van der Waals surface area contributed by atoms with Crippen molar-refractivity contribution in [1.82, 2.24) is 9.47 Å². The summed E-state index contributed by atoms with van der Waals surface area (Å²) in [6.45, 7) is 0. The number of primary amides is 1. The van der Waals surface area contributed by atoms with Crippen molar-refractivity contribution < 1.29 is 23.9 Å². The van der Waals surface area contributed by atoms with Crippen LogP contribution in [0.4, 0.5) is 19.7 Å². The van der Waals surface area contributed by atoms with Gasteiger partial charge in [0.15, 0.2) is 5.78 Å². The highest BCUT2D eigenvalue weighted by Gasteiger charge is 2.55. The number of urea groups is 1. The topological polar surface area (TPSA) is 118 Å². The fourth-order valence-electron chi connectivity index (χ4n) is 4.84. The number of fused-ring (bicyclic) bond motifs is 2. The highest BCUT2D eigenvalue weighted by molar-refractivity contribution is 6.06. The van der Waals surface area contributed by atoms with Gasteiger partial charge in [-0.3, -0.25) is 9.36 Å². The number of phenols is 1. The van der Waals surface area contributed by atoms with Crippen LogP contribution in [0.5, 0.6) is 5.75 Å². The summed E-state index contributed by atoms with van der Waals surface area (Å²) in [4.78, 5) is 39.6. The zero-order valence-electron chi connectivity index (χ0n) is 17.7. The van der Waals surface area contributed by atoms with Crippen molar-refractivity contribution in [2.75, 3.05) is 5.32 Å². The van der Waals surface area contributed by atoms with E-state index in [0.29, 0.717) is 28.6 Å². The molecule has 8 nitrogen and oxygen atoms in total. The van der Waals surface area contributed by atoms with Gasteiger partial charge in [0.2, 0.25) is 0 Å². The summed E-state index contributed by atoms with van der Waals surface area (Å²) in [7, 11) is 0. The lowest BCUT2D eigenvalue weighted by molar-refractivity contribution is -0.123. The van der Waals surface area contributed by atoms with Gasteiger partial charge in [0, 0.05) is 24.0 Å². The van der Waals surface area contributed by atoms with Crippen LogP contribution in [-0.2, 0) is 11.2 Å². The van der Waals surface area contributed by atoms with Crippen molar-refractivity contribution in [3.63, 3.8) is 0 Å². The molecule has 2 aliphatic rings. The molecule has 1 saturated heterocycles. The number of hydrogen-bond donors (Lipinski definition) is 3. The lowest BCUT2D eigenvalue weighted by Crippen LogP contribution is -2.45. The third kappa shape index (κ3) is 3.79. The fraction of sp³-hybridized carbons (Fsp3) is 0.292. The molecule has 1 aliphatic heterocycles. The molecule has 0 unspecified atom stereocenters. The van der Waals surface area contributed by atoms with Gasteiger partial charge in [0.05, 0.1) is 17.2 Å². The molecule has 3 amide bonds. The van der Waals surface area contributed by atoms with Gasteiger partial charge < -0.3 is 21.1 Å². The van der Waals surface area contributed by atoms with Crippen LogP contribution < -0.4 is 11.1 Å². The number of carbonyl (C=O) groups is 3. The van der Waals surface area contributed by atoms with Crippen molar-refractivity contribution in [2.24, 2.45) is 11.7 Å². The summed E-state index contributed by atoms with van der Waals surface area (Å²) in [5, 5.41) is 13.1. The van der Waals surface area contributed by atoms with Gasteiger partial charge >= 0.3 is 12.1 Å². The number of amides is 3. The number of Topliss-reactive ketones (excluding diaryl/α,β-unsaturated/α-hetero) is 1. The fourth-order valence-corrected chi connectivity index (χ4v) is 4.84. The van der Waals surface area contributed by atoms with Crippen molar-refractivity contribution >= 4 is 34.4 Å². The Hall–Kier alpha value is -3.88. The lowest BCUT2D eigenvalue weighted by Gasteiger charge is -2.27. The van der Waals surface area contributed by atoms with E-state index in [4.69, 9.17) is 5.73 Å². The molecular formula is C24H23FN4O4. The molecule has 170 valence electrons. The monoisotopic (exact) mass is 450 g/mol. The molecule has 3 atom stereocenters. The lowest BCUT2D eigenvalue weighted by atomic mass is 10.00. The minimum Gasteiger partial charge on any atom is -0.508 e. The minimum absolute atomic E-state index is 0.00898. The van der Waals surface area contributed by atoms with E-state index in [9.17, 15) is 23.9 Å². The first-order valence-electron chi connectivity index (χ1n) is 10.8. The first-order chi connectivity index (χ1) is 15.8. The van der Waals surface area contributed by atoms with Gasteiger partial charge in [0.1, 0.15) is 11.6 Å². The highest BCUT2D eigenvalue weighted by atomic mass is 19.1. The summed E-state index contributed by atoms with van der Waals surface area (Å²) >= 11 is 0. The number of halogens is 1. The molecule has 33 heavy (non-hydrogen) atoms. The van der Waals surface area contributed by atoms with Crippen LogP contribution in [0.3, 0.4) is 0 Å². The number of nitrogens with one attached hydrogen (secondary N) is 1. The molecule has 3 aromatic rings. The van der Waals surface area contributed by atoms with Crippen LogP contribution in [0.1, 0.15) is 24.8 Å². The van der Waals surface area contributed by atoms with Gasteiger partial charge in [0.25, 0.3) is 0 Å². The van der Waals surface area contributed by atoms with Crippen LogP contribution in [0.2, 0.25) is 0 Å². The van der Waals surface area contributed by atoms with Crippen LogP contribution in [-0.4, -0.2) is 44.5 Å². The van der Waals surface area contributed by atoms with E-state index in [0.717, 1.165) is 6.42 Å². The van der Waals surface area contributed by atoms with E-state index < -0.39 is 18.1 Å². The number of hydrogen-bond acceptors (Lipinski definition) is 4. The normalized spacial score (nSPS) is 21.1. The Morgan fingerprint density at radius 2 is 1.94 bits per heavy atom. The molecule has 1 aliphatic carbocycles. The van der Waals surface area contributed by atoms with Crippen LogP contribution in [0.25, 0.3) is 10.9 Å². The predicted molar refractivity (Wildman–Crippen MR) is 119 cm³/mol. The molecule has 2 fully saturated rings. The first-order valence-corrected chi connectivity index (χ1v) is 10.8. The molecule has 1 saturated carbocycles. The number of ketones is 1. The molecule has 0 radical (unpaired) electrons. The first kappa shape index (κ1) is 21.0. The second kappa shape index (κ2) is 7.91. The van der Waals surface area contributed by atoms with Gasteiger partial charge in [-0.25, -0.2) is 14.0 Å². The number of phenolic OH excluding ortho intramolecular Hbond substituents is 1. The largest absolute Gasteiger partial charge is 0.508 e. The smallest absolute Gasteiger partial charge is 0.323 e. The number of rotatable bonds is 5. The molecule has 1 aromatic heterocycles. The van der Waals surface area contributed by atoms with Gasteiger partial charge in [-0.1, -0.05) is 18.2 Å². The van der Waals surface area contributed by atoms with Gasteiger partial charge in [-0.2, -0.15) is 0 Å². The SMILES string of the molecule is NC(=O)n1cc(NC(=O)N2[C@@H]3C[C@@H]3C[C@H]2C(=O)CCc2ccccc2F)c2cc(O)ccc21. The van der Waals surface area contributed by atoms with Crippen molar-refractivity contribution in [2.45, 2.75) is 37.8 Å². The van der Waals surface area contributed by atoms with E-state index >= 15 is 0 Å². The number of aromatic nitrogens is 1. The summed E-state index contributed by atoms with van der Waals surface area (Å²) in [6, 6.07) is 8.99. The number of nitrogens with zero attached hydrogens (tertiary/aromatic N) is 2. The Kier molecular flexibility index (Phi) is 5.03. The summed E-state index contributed by atoms with van der Waals surface area (Å²) < 4.78 is 15.1. The van der Waals surface area contributed by atoms with Gasteiger partial charge in [-0.05, 0) is 55.0 Å². The molecule has 9 heteroatoms. The number of aromatic hydroxyl groups is 1. The molecule has 2 aromatic carbocycles. The zero-order chi connectivity index (χ0) is 23.3. The predicted octanol–water partition coefficient (Wildman–Crippen LogP) is 3.61. The molecule has 2 heterocycles. The Morgan fingerprint density at radius 1 is 1.15 bits per heavy atom. The van der Waals surface area contributed by atoms with E-state index in [2.05, 4.69) is 5.32 Å². The Bertz CT molecular complexity index is 1290. The van der Waals surface area contributed by atoms with E-state index in [-0.39, 0.29) is 42.2 Å². The molecule has 4 N–H and O–H groups in total. The quantitative estimate of drug-likeness (QED) is 0.550. The average molecular weight is 450 g/mol. The molecule has 5 rings (SSSR count). The standard InChI is InChI=1S/C24H23FN4O4/c25-17-4-2-1-3-13(17)5-8-22(31)21-10-14-9-20(14)29(21)24(33)27-18-12-28(23(26)32)19-7-6-15(30)11-16(18)19/h1-4,6-7,11-12,14,20-21,30H,5,8-10H2,(H2,26,32)(H,27,33)/t14-,20-,21+/m1/s1. The number of piperidine rings is 1. The Labute approximate surface area is 188 Å². The molecule has 0 spiro atoms. The Balaban J connectivity index is 1.35. The van der Waals surface area contributed by atoms with E-state index in [1.165, 1.54) is 35.0 Å². The molecular weight excluding hydrogens is 427 g/mol. The van der Waals surface area contributed by atoms with Crippen LogP contribution in [0.15, 0.2) is 48.7 Å². The number of likely N-dealkylation sites (tertiary alicyclic amines) is 1. The zero-order valence-corrected chi connectivity index (χ0v) is 17.7. The molecule has 0 bridgehead atoms. The summed E-state index contributed by atoms with van der Waals surface area (Å²) in [6.07, 6.45) is 3.26. The maximum atomic E-state index is 13.9. The number of nitrogens with two attached hydrogens (primary N) is 1. The third-order valence-electron chi connectivity index (χ3n) is 6.58. The minimum atomic E-state index is -0.726. The van der Waals surface area contributed by atoms with Crippen molar-refractivity contribution in [3.05, 3.63) is 60.0 Å². The number of aryl methyl sites for hydroxylation is 1. The highest BCUT2D eigenvalue weighted by Crippen LogP contribution is 2.48. The van der Waals surface area contributed by atoms with Gasteiger partial charge in [-0.15, -0.1) is 0 Å². The summed E-state index contributed by atoms with van der Waals surface area (Å²) in [5.74, 6) is -0.180. The second-order valence-electron chi connectivity index (χ2n) is 8.66. The maximum absolute atomic E-state index is 13.9. The number of carbonyl (C=O) groups excluding carboxylic acids is 3. The van der Waals surface area contributed by atoms with Crippen LogP contribution >= 0.6 is 0 Å². The Morgan fingerprint density at radius 3 is 2.70 bits per heavy atom. The van der Waals surface area contributed by atoms with E-state index in [1.54, 1.807) is 23.1 Å². The van der Waals surface area contributed by atoms with Crippen LogP contribution in [0, 0.1) is 11.7 Å². The number of benzene rings is 2. The van der Waals surface area contributed by atoms with Crippen molar-refractivity contribution in [3.8, 4) is 5.75 Å².